The molecule has 0 amide bonds. The van der Waals surface area contributed by atoms with Crippen molar-refractivity contribution in [3.8, 4) is 0 Å². The highest BCUT2D eigenvalue weighted by atomic mass is 32.2. The molecule has 3 nitrogen and oxygen atoms in total. The van der Waals surface area contributed by atoms with Crippen molar-refractivity contribution in [2.24, 2.45) is 0 Å². The number of thioether (sulfide) groups is 1. The summed E-state index contributed by atoms with van der Waals surface area (Å²) >= 11 is 1.89. The lowest BCUT2D eigenvalue weighted by Gasteiger charge is -2.19. The lowest BCUT2D eigenvalue weighted by molar-refractivity contribution is 0.589. The molecule has 0 aliphatic rings. The van der Waals surface area contributed by atoms with E-state index in [0.29, 0.717) is 5.82 Å². The summed E-state index contributed by atoms with van der Waals surface area (Å²) in [6.07, 6.45) is 3.02. The molecule has 20 heavy (non-hydrogen) atoms. The molecule has 2 rings (SSSR count). The first-order chi connectivity index (χ1) is 9.45. The van der Waals surface area contributed by atoms with Crippen molar-refractivity contribution >= 4 is 17.6 Å². The van der Waals surface area contributed by atoms with Gasteiger partial charge in [0.05, 0.1) is 0 Å². The van der Waals surface area contributed by atoms with E-state index < -0.39 is 0 Å². The van der Waals surface area contributed by atoms with Gasteiger partial charge in [-0.05, 0) is 41.4 Å². The number of benzene rings is 1. The van der Waals surface area contributed by atoms with Crippen molar-refractivity contribution in [1.82, 2.24) is 9.78 Å². The number of hydrogen-bond donors (Lipinski definition) is 1. The highest BCUT2D eigenvalue weighted by molar-refractivity contribution is 7.99. The maximum absolute atomic E-state index is 5.59. The van der Waals surface area contributed by atoms with Gasteiger partial charge in [0.25, 0.3) is 0 Å². The number of rotatable bonds is 5. The summed E-state index contributed by atoms with van der Waals surface area (Å²) < 4.78 is 1.90. The SMILES string of the molecule is CC(C)(C)c1ccc(SCCCn2ccc(N)n2)cc1. The van der Waals surface area contributed by atoms with E-state index in [1.165, 1.54) is 10.5 Å². The molecule has 1 heterocycles. The molecule has 0 unspecified atom stereocenters. The number of nitrogen functional groups attached to an aromatic ring is 1. The van der Waals surface area contributed by atoms with Crippen LogP contribution in [0.5, 0.6) is 0 Å². The number of aryl methyl sites for hydroxylation is 1. The van der Waals surface area contributed by atoms with Crippen LogP contribution in [0.15, 0.2) is 41.4 Å². The second-order valence-electron chi connectivity index (χ2n) is 5.98. The molecular weight excluding hydrogens is 266 g/mol. The Bertz CT molecular complexity index is 538. The van der Waals surface area contributed by atoms with Crippen molar-refractivity contribution in [1.29, 1.82) is 0 Å². The Balaban J connectivity index is 1.77. The van der Waals surface area contributed by atoms with Gasteiger partial charge in [0.15, 0.2) is 0 Å². The number of anilines is 1. The summed E-state index contributed by atoms with van der Waals surface area (Å²) in [7, 11) is 0. The van der Waals surface area contributed by atoms with Crippen LogP contribution in [0.25, 0.3) is 0 Å². The second kappa shape index (κ2) is 6.35. The molecule has 2 aromatic rings. The van der Waals surface area contributed by atoms with Crippen LogP contribution in [-0.2, 0) is 12.0 Å². The van der Waals surface area contributed by atoms with Gasteiger partial charge >= 0.3 is 0 Å². The molecule has 0 radical (unpaired) electrons. The van der Waals surface area contributed by atoms with Crippen molar-refractivity contribution in [2.45, 2.75) is 44.0 Å². The first-order valence-electron chi connectivity index (χ1n) is 6.97. The number of nitrogens with zero attached hydrogens (tertiary/aromatic N) is 2. The quantitative estimate of drug-likeness (QED) is 0.669. The fraction of sp³-hybridized carbons (Fsp3) is 0.438. The van der Waals surface area contributed by atoms with E-state index in [0.717, 1.165) is 18.7 Å². The van der Waals surface area contributed by atoms with Gasteiger partial charge in [-0.3, -0.25) is 4.68 Å². The van der Waals surface area contributed by atoms with Crippen molar-refractivity contribution in [3.05, 3.63) is 42.1 Å². The summed E-state index contributed by atoms with van der Waals surface area (Å²) in [5, 5.41) is 4.18. The van der Waals surface area contributed by atoms with Crippen LogP contribution in [-0.4, -0.2) is 15.5 Å². The van der Waals surface area contributed by atoms with Gasteiger partial charge in [0.2, 0.25) is 0 Å². The summed E-state index contributed by atoms with van der Waals surface area (Å²) in [6.45, 7) is 7.64. The fourth-order valence-corrected chi connectivity index (χ4v) is 2.81. The Hall–Kier alpha value is -1.42. The molecule has 2 N–H and O–H groups in total. The third-order valence-corrected chi connectivity index (χ3v) is 4.28. The van der Waals surface area contributed by atoms with Crippen LogP contribution in [0.1, 0.15) is 32.8 Å². The lowest BCUT2D eigenvalue weighted by atomic mass is 9.87. The molecular formula is C16H23N3S. The Morgan fingerprint density at radius 3 is 2.40 bits per heavy atom. The molecule has 0 bridgehead atoms. The number of hydrogen-bond acceptors (Lipinski definition) is 3. The molecule has 0 saturated carbocycles. The van der Waals surface area contributed by atoms with E-state index in [9.17, 15) is 0 Å². The zero-order valence-electron chi connectivity index (χ0n) is 12.5. The Labute approximate surface area is 125 Å². The van der Waals surface area contributed by atoms with Crippen LogP contribution < -0.4 is 5.73 Å². The average molecular weight is 289 g/mol. The summed E-state index contributed by atoms with van der Waals surface area (Å²) in [6, 6.07) is 10.7. The van der Waals surface area contributed by atoms with Gasteiger partial charge in [-0.2, -0.15) is 5.10 Å². The molecule has 0 spiro atoms. The van der Waals surface area contributed by atoms with Crippen LogP contribution in [0.2, 0.25) is 0 Å². The van der Waals surface area contributed by atoms with E-state index in [1.54, 1.807) is 0 Å². The monoisotopic (exact) mass is 289 g/mol. The van der Waals surface area contributed by atoms with Crippen LogP contribution >= 0.6 is 11.8 Å². The van der Waals surface area contributed by atoms with Crippen LogP contribution in [0.3, 0.4) is 0 Å². The molecule has 0 fully saturated rings. The maximum Gasteiger partial charge on any atom is 0.145 e. The molecule has 4 heteroatoms. The van der Waals surface area contributed by atoms with Gasteiger partial charge < -0.3 is 5.73 Å². The first kappa shape index (κ1) is 15.0. The van der Waals surface area contributed by atoms with Gasteiger partial charge in [-0.15, -0.1) is 11.8 Å². The topological polar surface area (TPSA) is 43.8 Å². The molecule has 0 aliphatic carbocycles. The van der Waals surface area contributed by atoms with E-state index in [1.807, 2.05) is 28.7 Å². The average Bonchev–Trinajstić information content (AvgIpc) is 2.80. The zero-order valence-corrected chi connectivity index (χ0v) is 13.3. The standard InChI is InChI=1S/C16H23N3S/c1-16(2,3)13-5-7-14(8-6-13)20-12-4-10-19-11-9-15(17)18-19/h5-9,11H,4,10,12H2,1-3H3,(H2,17,18). The Kier molecular flexibility index (Phi) is 4.76. The first-order valence-corrected chi connectivity index (χ1v) is 7.96. The lowest BCUT2D eigenvalue weighted by Crippen LogP contribution is -2.10. The third-order valence-electron chi connectivity index (χ3n) is 3.18. The second-order valence-corrected chi connectivity index (χ2v) is 7.15. The Morgan fingerprint density at radius 1 is 1.15 bits per heavy atom. The van der Waals surface area contributed by atoms with Crippen LogP contribution in [0.4, 0.5) is 5.82 Å². The molecule has 1 aromatic carbocycles. The number of nitrogens with two attached hydrogens (primary N) is 1. The molecule has 0 atom stereocenters. The smallest absolute Gasteiger partial charge is 0.145 e. The third kappa shape index (κ3) is 4.30. The number of aromatic nitrogens is 2. The minimum Gasteiger partial charge on any atom is -0.382 e. The fourth-order valence-electron chi connectivity index (χ4n) is 1.97. The zero-order chi connectivity index (χ0) is 14.6. The summed E-state index contributed by atoms with van der Waals surface area (Å²) in [5.41, 5.74) is 7.19. The van der Waals surface area contributed by atoms with Crippen molar-refractivity contribution in [2.75, 3.05) is 11.5 Å². The molecule has 108 valence electrons. The highest BCUT2D eigenvalue weighted by Gasteiger charge is 2.12. The van der Waals surface area contributed by atoms with Crippen LogP contribution in [0, 0.1) is 0 Å². The van der Waals surface area contributed by atoms with Gasteiger partial charge in [0.1, 0.15) is 5.82 Å². The normalized spacial score (nSPS) is 11.8. The maximum atomic E-state index is 5.59. The van der Waals surface area contributed by atoms with Gasteiger partial charge in [-0.25, -0.2) is 0 Å². The minimum absolute atomic E-state index is 0.225. The van der Waals surface area contributed by atoms with E-state index in [2.05, 4.69) is 50.1 Å². The molecule has 1 aromatic heterocycles. The predicted octanol–water partition coefficient (Wildman–Crippen LogP) is 3.95. The minimum atomic E-state index is 0.225. The molecule has 0 saturated heterocycles. The van der Waals surface area contributed by atoms with Crippen molar-refractivity contribution < 1.29 is 0 Å². The largest absolute Gasteiger partial charge is 0.382 e. The Morgan fingerprint density at radius 2 is 1.85 bits per heavy atom. The van der Waals surface area contributed by atoms with Crippen molar-refractivity contribution in [3.63, 3.8) is 0 Å². The van der Waals surface area contributed by atoms with E-state index in [4.69, 9.17) is 5.73 Å². The van der Waals surface area contributed by atoms with E-state index in [-0.39, 0.29) is 5.41 Å². The predicted molar refractivity (Wildman–Crippen MR) is 87.1 cm³/mol. The highest BCUT2D eigenvalue weighted by Crippen LogP contribution is 2.25. The van der Waals surface area contributed by atoms with E-state index >= 15 is 0 Å². The summed E-state index contributed by atoms with van der Waals surface area (Å²) in [4.78, 5) is 1.33. The summed E-state index contributed by atoms with van der Waals surface area (Å²) in [5.74, 6) is 1.68. The molecule has 0 aliphatic heterocycles. The van der Waals surface area contributed by atoms with Gasteiger partial charge in [-0.1, -0.05) is 32.9 Å². The van der Waals surface area contributed by atoms with Gasteiger partial charge in [0, 0.05) is 17.6 Å².